The minimum atomic E-state index is -0.533. The Balaban J connectivity index is 2.12. The molecule has 0 saturated carbocycles. The monoisotopic (exact) mass is 332 g/mol. The molecule has 0 aliphatic heterocycles. The second-order valence-electron chi connectivity index (χ2n) is 5.79. The molecule has 0 bridgehead atoms. The van der Waals surface area contributed by atoms with Gasteiger partial charge in [0.25, 0.3) is 11.6 Å². The predicted molar refractivity (Wildman–Crippen MR) is 88.0 cm³/mol. The summed E-state index contributed by atoms with van der Waals surface area (Å²) in [7, 11) is 0. The molecule has 2 rings (SSSR count). The molecule has 8 nitrogen and oxygen atoms in total. The number of nitro benzene ring substituents is 1. The molecule has 24 heavy (non-hydrogen) atoms. The van der Waals surface area contributed by atoms with Crippen LogP contribution in [0.5, 0.6) is 0 Å². The fourth-order valence-electron chi connectivity index (χ4n) is 2.20. The average Bonchev–Trinajstić information content (AvgIpc) is 3.08. The second kappa shape index (κ2) is 7.69. The predicted octanol–water partition coefficient (Wildman–Crippen LogP) is 1.92. The highest BCUT2D eigenvalue weighted by Crippen LogP contribution is 2.24. The molecule has 2 N–H and O–H groups in total. The van der Waals surface area contributed by atoms with E-state index >= 15 is 0 Å². The van der Waals surface area contributed by atoms with Crippen LogP contribution in [0.1, 0.15) is 30.6 Å². The van der Waals surface area contributed by atoms with Crippen LogP contribution in [0.4, 0.5) is 5.69 Å². The number of amides is 1. The van der Waals surface area contributed by atoms with Gasteiger partial charge in [-0.15, -0.1) is 0 Å². The summed E-state index contributed by atoms with van der Waals surface area (Å²) in [6.45, 7) is 4.09. The van der Waals surface area contributed by atoms with Gasteiger partial charge in [0.2, 0.25) is 0 Å². The van der Waals surface area contributed by atoms with Crippen LogP contribution >= 0.6 is 0 Å². The molecule has 1 aromatic heterocycles. The number of hydrogen-bond donors (Lipinski definition) is 2. The summed E-state index contributed by atoms with van der Waals surface area (Å²) < 4.78 is 1.51. The van der Waals surface area contributed by atoms with Crippen LogP contribution in [-0.4, -0.2) is 38.1 Å². The van der Waals surface area contributed by atoms with Crippen molar-refractivity contribution in [2.75, 3.05) is 6.54 Å². The molecule has 2 aromatic rings. The van der Waals surface area contributed by atoms with Crippen molar-refractivity contribution in [3.63, 3.8) is 0 Å². The lowest BCUT2D eigenvalue weighted by Crippen LogP contribution is -2.28. The van der Waals surface area contributed by atoms with Gasteiger partial charge >= 0.3 is 0 Å². The van der Waals surface area contributed by atoms with E-state index < -0.39 is 16.9 Å². The van der Waals surface area contributed by atoms with Crippen molar-refractivity contribution < 1.29 is 14.8 Å². The van der Waals surface area contributed by atoms with Crippen LogP contribution in [0.15, 0.2) is 36.9 Å². The Bertz CT molecular complexity index is 713. The lowest BCUT2D eigenvalue weighted by molar-refractivity contribution is -0.384. The molecule has 0 aliphatic carbocycles. The summed E-state index contributed by atoms with van der Waals surface area (Å²) in [5.74, 6) is -0.302. The summed E-state index contributed by atoms with van der Waals surface area (Å²) >= 11 is 0. The number of aliphatic hydroxyl groups excluding tert-OH is 1. The topological polar surface area (TPSA) is 110 Å². The highest BCUT2D eigenvalue weighted by molar-refractivity contribution is 5.95. The Morgan fingerprint density at radius 3 is 2.79 bits per heavy atom. The molecule has 1 unspecified atom stereocenters. The van der Waals surface area contributed by atoms with E-state index in [1.54, 1.807) is 6.20 Å². The molecule has 1 aromatic carbocycles. The van der Waals surface area contributed by atoms with Crippen LogP contribution < -0.4 is 5.32 Å². The summed E-state index contributed by atoms with van der Waals surface area (Å²) in [4.78, 5) is 26.7. The SMILES string of the molecule is CC(C)C(O)CCNC(=O)c1ccc(-n2ccnc2)c([N+](=O)[O-])c1. The van der Waals surface area contributed by atoms with Gasteiger partial charge in [-0.1, -0.05) is 13.8 Å². The van der Waals surface area contributed by atoms with Gasteiger partial charge in [-0.3, -0.25) is 14.9 Å². The van der Waals surface area contributed by atoms with Crippen LogP contribution in [0.25, 0.3) is 5.69 Å². The quantitative estimate of drug-likeness (QED) is 0.594. The molecule has 1 heterocycles. The average molecular weight is 332 g/mol. The molecule has 0 spiro atoms. The van der Waals surface area contributed by atoms with Gasteiger partial charge in [0.1, 0.15) is 5.69 Å². The first kappa shape index (κ1) is 17.6. The number of carbonyl (C=O) groups excluding carboxylic acids is 1. The zero-order valence-electron chi connectivity index (χ0n) is 13.5. The molecule has 0 saturated heterocycles. The Morgan fingerprint density at radius 2 is 2.21 bits per heavy atom. The molecule has 0 fully saturated rings. The van der Waals surface area contributed by atoms with Gasteiger partial charge in [-0.2, -0.15) is 0 Å². The highest BCUT2D eigenvalue weighted by atomic mass is 16.6. The van der Waals surface area contributed by atoms with E-state index in [0.29, 0.717) is 18.7 Å². The number of imidazole rings is 1. The number of nitrogens with one attached hydrogen (secondary N) is 1. The Morgan fingerprint density at radius 1 is 1.46 bits per heavy atom. The van der Waals surface area contributed by atoms with E-state index in [1.807, 2.05) is 13.8 Å². The molecule has 0 radical (unpaired) electrons. The smallest absolute Gasteiger partial charge is 0.294 e. The standard InChI is InChI=1S/C16H20N4O4/c1-11(2)15(21)5-6-18-16(22)12-3-4-13(14(9-12)20(23)24)19-8-7-17-10-19/h3-4,7-11,15,21H,5-6H2,1-2H3,(H,18,22). The third kappa shape index (κ3) is 4.17. The molecular formula is C16H20N4O4. The van der Waals surface area contributed by atoms with Crippen LogP contribution in [0, 0.1) is 16.0 Å². The number of benzene rings is 1. The van der Waals surface area contributed by atoms with Crippen molar-refractivity contribution in [3.05, 3.63) is 52.6 Å². The third-order valence-electron chi connectivity index (χ3n) is 3.71. The first-order chi connectivity index (χ1) is 11.4. The second-order valence-corrected chi connectivity index (χ2v) is 5.79. The Kier molecular flexibility index (Phi) is 5.64. The number of nitro groups is 1. The number of carbonyl (C=O) groups is 1. The van der Waals surface area contributed by atoms with E-state index in [9.17, 15) is 20.0 Å². The van der Waals surface area contributed by atoms with Gasteiger partial charge in [0, 0.05) is 30.6 Å². The maximum atomic E-state index is 12.1. The third-order valence-corrected chi connectivity index (χ3v) is 3.71. The van der Waals surface area contributed by atoms with Gasteiger partial charge in [-0.25, -0.2) is 4.98 Å². The van der Waals surface area contributed by atoms with E-state index in [0.717, 1.165) is 0 Å². The van der Waals surface area contributed by atoms with Crippen LogP contribution in [0.2, 0.25) is 0 Å². The van der Waals surface area contributed by atoms with Gasteiger partial charge in [0.05, 0.1) is 17.4 Å². The van der Waals surface area contributed by atoms with Crippen molar-refractivity contribution in [1.82, 2.24) is 14.9 Å². The zero-order valence-corrected chi connectivity index (χ0v) is 13.5. The maximum absolute atomic E-state index is 12.1. The Labute approximate surface area is 139 Å². The van der Waals surface area contributed by atoms with E-state index in [1.165, 1.54) is 35.3 Å². The van der Waals surface area contributed by atoms with Gasteiger partial charge < -0.3 is 15.0 Å². The zero-order chi connectivity index (χ0) is 17.7. The number of aromatic nitrogens is 2. The first-order valence-corrected chi connectivity index (χ1v) is 7.63. The number of hydrogen-bond acceptors (Lipinski definition) is 5. The van der Waals surface area contributed by atoms with Crippen molar-refractivity contribution >= 4 is 11.6 Å². The maximum Gasteiger partial charge on any atom is 0.294 e. The largest absolute Gasteiger partial charge is 0.393 e. The van der Waals surface area contributed by atoms with E-state index in [4.69, 9.17) is 0 Å². The molecular weight excluding hydrogens is 312 g/mol. The summed E-state index contributed by atoms with van der Waals surface area (Å²) in [5.41, 5.74) is 0.358. The summed E-state index contributed by atoms with van der Waals surface area (Å²) in [6, 6.07) is 4.28. The first-order valence-electron chi connectivity index (χ1n) is 7.63. The van der Waals surface area contributed by atoms with Crippen LogP contribution in [0.3, 0.4) is 0 Å². The fraction of sp³-hybridized carbons (Fsp3) is 0.375. The summed E-state index contributed by atoms with van der Waals surface area (Å²) in [6.07, 6.45) is 4.50. The van der Waals surface area contributed by atoms with Crippen molar-refractivity contribution in [2.24, 2.45) is 5.92 Å². The summed E-state index contributed by atoms with van der Waals surface area (Å²) in [5, 5.41) is 23.7. The van der Waals surface area contributed by atoms with Crippen molar-refractivity contribution in [1.29, 1.82) is 0 Å². The number of rotatable bonds is 7. The minimum Gasteiger partial charge on any atom is -0.393 e. The number of nitrogens with zero attached hydrogens (tertiary/aromatic N) is 3. The molecule has 1 atom stereocenters. The fourth-order valence-corrected chi connectivity index (χ4v) is 2.20. The number of aliphatic hydroxyl groups is 1. The lowest BCUT2D eigenvalue weighted by Gasteiger charge is -2.14. The van der Waals surface area contributed by atoms with Gasteiger partial charge in [-0.05, 0) is 24.5 Å². The van der Waals surface area contributed by atoms with E-state index in [-0.39, 0.29) is 17.2 Å². The highest BCUT2D eigenvalue weighted by Gasteiger charge is 2.19. The molecule has 0 aliphatic rings. The minimum absolute atomic E-state index is 0.109. The van der Waals surface area contributed by atoms with E-state index in [2.05, 4.69) is 10.3 Å². The Hall–Kier alpha value is -2.74. The molecule has 1 amide bonds. The lowest BCUT2D eigenvalue weighted by atomic mass is 10.0. The van der Waals surface area contributed by atoms with Crippen molar-refractivity contribution in [3.8, 4) is 5.69 Å². The normalized spacial score (nSPS) is 12.2. The van der Waals surface area contributed by atoms with Crippen LogP contribution in [-0.2, 0) is 0 Å². The molecule has 128 valence electrons. The molecule has 8 heteroatoms. The van der Waals surface area contributed by atoms with Crippen molar-refractivity contribution in [2.45, 2.75) is 26.4 Å². The van der Waals surface area contributed by atoms with Gasteiger partial charge in [0.15, 0.2) is 0 Å².